The Hall–Kier alpha value is -6.18. The van der Waals surface area contributed by atoms with Crippen molar-refractivity contribution in [3.8, 4) is 33.4 Å². The van der Waals surface area contributed by atoms with E-state index in [2.05, 4.69) is 170 Å². The van der Waals surface area contributed by atoms with E-state index in [1.165, 1.54) is 65.3 Å². The van der Waals surface area contributed by atoms with Crippen LogP contribution in [0.3, 0.4) is 0 Å². The SMILES string of the molecule is c1ccc(-c2c3ccccc3c(-c3ccc4c(c3)oc3c(-c5c6ccccc6cc6ccccc56)cccc34)c3ccccc23)cc1. The lowest BCUT2D eigenvalue weighted by Crippen LogP contribution is -1.90. The van der Waals surface area contributed by atoms with Crippen LogP contribution in [-0.4, -0.2) is 0 Å². The highest BCUT2D eigenvalue weighted by atomic mass is 16.3. The van der Waals surface area contributed by atoms with E-state index in [-0.39, 0.29) is 0 Å². The summed E-state index contributed by atoms with van der Waals surface area (Å²) < 4.78 is 6.92. The topological polar surface area (TPSA) is 13.1 Å². The van der Waals surface area contributed by atoms with Gasteiger partial charge in [-0.25, -0.2) is 0 Å². The van der Waals surface area contributed by atoms with Gasteiger partial charge in [0.1, 0.15) is 11.2 Å². The average Bonchev–Trinajstić information content (AvgIpc) is 3.51. The van der Waals surface area contributed by atoms with Crippen molar-refractivity contribution in [3.63, 3.8) is 0 Å². The monoisotopic (exact) mass is 596 g/mol. The van der Waals surface area contributed by atoms with E-state index in [4.69, 9.17) is 4.42 Å². The molecule has 10 rings (SSSR count). The van der Waals surface area contributed by atoms with Gasteiger partial charge in [-0.15, -0.1) is 0 Å². The Labute approximate surface area is 271 Å². The summed E-state index contributed by atoms with van der Waals surface area (Å²) in [5.74, 6) is 0. The second-order valence-electron chi connectivity index (χ2n) is 12.4. The number of benzene rings is 9. The molecule has 10 aromatic rings. The molecule has 0 unspecified atom stereocenters. The van der Waals surface area contributed by atoms with Crippen molar-refractivity contribution in [2.45, 2.75) is 0 Å². The van der Waals surface area contributed by atoms with Crippen molar-refractivity contribution in [2.24, 2.45) is 0 Å². The van der Waals surface area contributed by atoms with Crippen LogP contribution in [-0.2, 0) is 0 Å². The van der Waals surface area contributed by atoms with Gasteiger partial charge >= 0.3 is 0 Å². The van der Waals surface area contributed by atoms with Gasteiger partial charge in [0.15, 0.2) is 0 Å². The first-order valence-electron chi connectivity index (χ1n) is 16.2. The van der Waals surface area contributed by atoms with Gasteiger partial charge < -0.3 is 4.42 Å². The molecule has 0 fully saturated rings. The fourth-order valence-electron chi connectivity index (χ4n) is 7.81. The largest absolute Gasteiger partial charge is 0.455 e. The quantitative estimate of drug-likeness (QED) is 0.185. The fourth-order valence-corrected chi connectivity index (χ4v) is 7.81. The van der Waals surface area contributed by atoms with E-state index in [1.807, 2.05) is 0 Å². The highest BCUT2D eigenvalue weighted by Gasteiger charge is 2.20. The number of furan rings is 1. The molecule has 0 aliphatic heterocycles. The first-order chi connectivity index (χ1) is 23.3. The van der Waals surface area contributed by atoms with Crippen LogP contribution in [0.15, 0.2) is 174 Å². The van der Waals surface area contributed by atoms with Gasteiger partial charge in [-0.2, -0.15) is 0 Å². The van der Waals surface area contributed by atoms with Crippen LogP contribution in [0.25, 0.3) is 98.4 Å². The lowest BCUT2D eigenvalue weighted by Gasteiger charge is -2.17. The summed E-state index contributed by atoms with van der Waals surface area (Å²) >= 11 is 0. The molecule has 0 saturated carbocycles. The minimum Gasteiger partial charge on any atom is -0.455 e. The van der Waals surface area contributed by atoms with Gasteiger partial charge in [0.25, 0.3) is 0 Å². The lowest BCUT2D eigenvalue weighted by molar-refractivity contribution is 0.670. The number of hydrogen-bond donors (Lipinski definition) is 0. The molecule has 1 heteroatoms. The van der Waals surface area contributed by atoms with E-state index in [0.717, 1.165) is 33.1 Å². The van der Waals surface area contributed by atoms with Crippen LogP contribution in [0, 0.1) is 0 Å². The second-order valence-corrected chi connectivity index (χ2v) is 12.4. The zero-order chi connectivity index (χ0) is 30.9. The third kappa shape index (κ3) is 3.90. The molecule has 0 aliphatic carbocycles. The molecule has 0 N–H and O–H groups in total. The molecule has 0 radical (unpaired) electrons. The van der Waals surface area contributed by atoms with E-state index >= 15 is 0 Å². The number of fused-ring (bicyclic) bond motifs is 7. The van der Waals surface area contributed by atoms with E-state index in [0.29, 0.717) is 0 Å². The Balaban J connectivity index is 1.25. The van der Waals surface area contributed by atoms with Crippen LogP contribution in [0.5, 0.6) is 0 Å². The maximum Gasteiger partial charge on any atom is 0.143 e. The van der Waals surface area contributed by atoms with Crippen molar-refractivity contribution in [1.29, 1.82) is 0 Å². The predicted molar refractivity (Wildman–Crippen MR) is 200 cm³/mol. The first kappa shape index (κ1) is 26.1. The maximum absolute atomic E-state index is 6.92. The van der Waals surface area contributed by atoms with Crippen LogP contribution in [0.1, 0.15) is 0 Å². The van der Waals surface area contributed by atoms with Gasteiger partial charge in [-0.05, 0) is 83.5 Å². The van der Waals surface area contributed by atoms with E-state index in [9.17, 15) is 0 Å². The van der Waals surface area contributed by atoms with Crippen molar-refractivity contribution in [1.82, 2.24) is 0 Å². The molecule has 9 aromatic carbocycles. The van der Waals surface area contributed by atoms with Gasteiger partial charge in [0.05, 0.1) is 0 Å². The highest BCUT2D eigenvalue weighted by Crippen LogP contribution is 2.46. The molecule has 1 heterocycles. The van der Waals surface area contributed by atoms with Crippen LogP contribution >= 0.6 is 0 Å². The smallest absolute Gasteiger partial charge is 0.143 e. The lowest BCUT2D eigenvalue weighted by atomic mass is 9.86. The molecule has 0 atom stereocenters. The first-order valence-corrected chi connectivity index (χ1v) is 16.2. The van der Waals surface area contributed by atoms with Crippen LogP contribution < -0.4 is 0 Å². The Bertz CT molecular complexity index is 2730. The Kier molecular flexibility index (Phi) is 5.64. The summed E-state index contributed by atoms with van der Waals surface area (Å²) in [5.41, 5.74) is 9.06. The number of para-hydroxylation sites is 1. The summed E-state index contributed by atoms with van der Waals surface area (Å²) in [6.07, 6.45) is 0. The molecule has 0 saturated heterocycles. The number of rotatable bonds is 3. The molecule has 0 bridgehead atoms. The molecular weight excluding hydrogens is 569 g/mol. The molecular formula is C46H28O. The maximum atomic E-state index is 6.92. The fraction of sp³-hybridized carbons (Fsp3) is 0. The third-order valence-electron chi connectivity index (χ3n) is 9.82. The van der Waals surface area contributed by atoms with Crippen LogP contribution in [0.4, 0.5) is 0 Å². The minimum absolute atomic E-state index is 0.898. The summed E-state index contributed by atoms with van der Waals surface area (Å²) in [4.78, 5) is 0. The van der Waals surface area contributed by atoms with Gasteiger partial charge in [0, 0.05) is 21.9 Å². The Morgan fingerprint density at radius 1 is 0.298 bits per heavy atom. The predicted octanol–water partition coefficient (Wildman–Crippen LogP) is 13.2. The minimum atomic E-state index is 0.898. The Morgan fingerprint density at radius 3 is 1.43 bits per heavy atom. The molecule has 1 nitrogen and oxygen atoms in total. The summed E-state index contributed by atoms with van der Waals surface area (Å²) in [7, 11) is 0. The average molecular weight is 597 g/mol. The van der Waals surface area contributed by atoms with E-state index in [1.54, 1.807) is 0 Å². The number of hydrogen-bond acceptors (Lipinski definition) is 1. The molecule has 218 valence electrons. The van der Waals surface area contributed by atoms with Crippen molar-refractivity contribution >= 4 is 65.0 Å². The van der Waals surface area contributed by atoms with Gasteiger partial charge in [-0.3, -0.25) is 0 Å². The van der Waals surface area contributed by atoms with Crippen molar-refractivity contribution in [3.05, 3.63) is 170 Å². The normalized spacial score (nSPS) is 11.8. The zero-order valence-corrected chi connectivity index (χ0v) is 25.6. The van der Waals surface area contributed by atoms with E-state index < -0.39 is 0 Å². The zero-order valence-electron chi connectivity index (χ0n) is 25.6. The third-order valence-corrected chi connectivity index (χ3v) is 9.82. The van der Waals surface area contributed by atoms with Gasteiger partial charge in [-0.1, -0.05) is 152 Å². The molecule has 1 aromatic heterocycles. The molecule has 0 aliphatic rings. The van der Waals surface area contributed by atoms with Crippen molar-refractivity contribution in [2.75, 3.05) is 0 Å². The van der Waals surface area contributed by atoms with Crippen molar-refractivity contribution < 1.29 is 4.42 Å². The van der Waals surface area contributed by atoms with Crippen LogP contribution in [0.2, 0.25) is 0 Å². The van der Waals surface area contributed by atoms with Gasteiger partial charge in [0.2, 0.25) is 0 Å². The summed E-state index contributed by atoms with van der Waals surface area (Å²) in [5, 5.41) is 12.2. The molecule has 0 amide bonds. The molecule has 47 heavy (non-hydrogen) atoms. The summed E-state index contributed by atoms with van der Waals surface area (Å²) in [6.45, 7) is 0. The summed E-state index contributed by atoms with van der Waals surface area (Å²) in [6, 6.07) is 61.4. The molecule has 0 spiro atoms. The highest BCUT2D eigenvalue weighted by molar-refractivity contribution is 6.23. The second kappa shape index (κ2) is 10.2. The Morgan fingerprint density at radius 2 is 0.809 bits per heavy atom. The standard InChI is InChI=1S/C46H28O/c1-2-13-29(14-3-1)43-36-19-8-10-21-38(36)44(39-22-11-9-20-37(39)43)32-25-26-35-40-23-12-24-41(46(40)47-42(35)28-32)45-33-17-6-4-15-30(33)27-31-16-5-7-18-34(31)45/h1-28H.